The number of esters is 1. The van der Waals surface area contributed by atoms with Crippen molar-refractivity contribution in [3.63, 3.8) is 0 Å². The first kappa shape index (κ1) is 18.9. The Morgan fingerprint density at radius 1 is 1.35 bits per heavy atom. The molecule has 0 saturated carbocycles. The van der Waals surface area contributed by atoms with Crippen LogP contribution in [0.5, 0.6) is 5.75 Å². The molecule has 1 aromatic heterocycles. The van der Waals surface area contributed by atoms with Crippen molar-refractivity contribution in [1.82, 2.24) is 4.90 Å². The summed E-state index contributed by atoms with van der Waals surface area (Å²) in [5.74, 6) is 0.287. The fourth-order valence-electron chi connectivity index (χ4n) is 3.23. The molecule has 140 valence electrons. The second-order valence-corrected chi connectivity index (χ2v) is 7.43. The van der Waals surface area contributed by atoms with E-state index in [1.807, 2.05) is 11.3 Å². The summed E-state index contributed by atoms with van der Waals surface area (Å²) in [7, 11) is 0. The monoisotopic (exact) mass is 375 g/mol. The molecule has 1 aliphatic rings. The summed E-state index contributed by atoms with van der Waals surface area (Å²) in [5, 5.41) is 12.5. The third-order valence-corrected chi connectivity index (χ3v) is 5.65. The number of hydrogen-bond acceptors (Lipinski definition) is 6. The Labute approximate surface area is 158 Å². The molecule has 0 amide bonds. The van der Waals surface area contributed by atoms with Gasteiger partial charge in [0, 0.05) is 24.0 Å². The van der Waals surface area contributed by atoms with E-state index in [0.717, 1.165) is 13.0 Å². The van der Waals surface area contributed by atoms with Crippen molar-refractivity contribution in [3.05, 3.63) is 51.7 Å². The molecule has 0 spiro atoms. The van der Waals surface area contributed by atoms with E-state index in [1.54, 1.807) is 31.2 Å². The van der Waals surface area contributed by atoms with Gasteiger partial charge in [-0.3, -0.25) is 4.90 Å². The number of aliphatic hydroxyl groups excluding tert-OH is 1. The van der Waals surface area contributed by atoms with Crippen molar-refractivity contribution < 1.29 is 19.4 Å². The molecular weight excluding hydrogens is 350 g/mol. The zero-order valence-corrected chi connectivity index (χ0v) is 16.0. The molecule has 2 unspecified atom stereocenters. The lowest BCUT2D eigenvalue weighted by atomic mass is 10.0. The van der Waals surface area contributed by atoms with Gasteiger partial charge < -0.3 is 14.6 Å². The molecule has 6 heteroatoms. The Hall–Kier alpha value is -1.89. The van der Waals surface area contributed by atoms with Crippen LogP contribution in [0.15, 0.2) is 35.7 Å². The molecule has 3 rings (SSSR count). The normalized spacial score (nSPS) is 18.2. The molecule has 1 aliphatic heterocycles. The van der Waals surface area contributed by atoms with Gasteiger partial charge in [0.2, 0.25) is 0 Å². The van der Waals surface area contributed by atoms with Crippen LogP contribution in [-0.2, 0) is 11.2 Å². The van der Waals surface area contributed by atoms with Gasteiger partial charge in [0.25, 0.3) is 0 Å². The first-order valence-corrected chi connectivity index (χ1v) is 9.84. The van der Waals surface area contributed by atoms with Gasteiger partial charge in [-0.2, -0.15) is 0 Å². The minimum Gasteiger partial charge on any atom is -0.491 e. The van der Waals surface area contributed by atoms with Crippen LogP contribution in [0.25, 0.3) is 0 Å². The number of ether oxygens (including phenoxy) is 2. The highest BCUT2D eigenvalue weighted by Gasteiger charge is 2.26. The third kappa shape index (κ3) is 4.44. The molecule has 0 aliphatic carbocycles. The molecule has 2 aromatic rings. The molecule has 0 saturated heterocycles. The summed E-state index contributed by atoms with van der Waals surface area (Å²) in [6.45, 7) is 6.08. The minimum atomic E-state index is -0.567. The quantitative estimate of drug-likeness (QED) is 0.753. The topological polar surface area (TPSA) is 59.0 Å². The van der Waals surface area contributed by atoms with Crippen molar-refractivity contribution in [3.8, 4) is 5.75 Å². The Morgan fingerprint density at radius 3 is 2.85 bits per heavy atom. The number of carbonyl (C=O) groups is 1. The fourth-order valence-corrected chi connectivity index (χ4v) is 4.19. The fraction of sp³-hybridized carbons (Fsp3) is 0.450. The van der Waals surface area contributed by atoms with Gasteiger partial charge in [-0.25, -0.2) is 4.79 Å². The van der Waals surface area contributed by atoms with Crippen molar-refractivity contribution in [2.24, 2.45) is 0 Å². The maximum Gasteiger partial charge on any atom is 0.338 e. The summed E-state index contributed by atoms with van der Waals surface area (Å²) < 4.78 is 10.6. The largest absolute Gasteiger partial charge is 0.491 e. The van der Waals surface area contributed by atoms with Crippen molar-refractivity contribution in [1.29, 1.82) is 0 Å². The Balaban J connectivity index is 1.48. The van der Waals surface area contributed by atoms with Crippen molar-refractivity contribution in [2.75, 3.05) is 26.3 Å². The average Bonchev–Trinajstić information content (AvgIpc) is 3.12. The van der Waals surface area contributed by atoms with Gasteiger partial charge in [-0.1, -0.05) is 0 Å². The maximum absolute atomic E-state index is 11.6. The summed E-state index contributed by atoms with van der Waals surface area (Å²) in [6, 6.07) is 9.30. The van der Waals surface area contributed by atoms with E-state index in [-0.39, 0.29) is 12.6 Å². The van der Waals surface area contributed by atoms with Crippen LogP contribution >= 0.6 is 11.3 Å². The number of β-amino-alcohol motifs (C(OH)–C–C–N with tert-alkyl or cyclic N) is 1. The SMILES string of the molecule is CCOC(=O)c1ccc(OCC(O)CN2CCc3sccc3C2C)cc1. The van der Waals surface area contributed by atoms with E-state index >= 15 is 0 Å². The van der Waals surface area contributed by atoms with Crippen molar-refractivity contribution >= 4 is 17.3 Å². The summed E-state index contributed by atoms with van der Waals surface area (Å²) in [6.07, 6.45) is 0.475. The maximum atomic E-state index is 11.6. The molecule has 0 bridgehead atoms. The Bertz CT molecular complexity index is 728. The predicted molar refractivity (Wildman–Crippen MR) is 102 cm³/mol. The second-order valence-electron chi connectivity index (χ2n) is 6.43. The van der Waals surface area contributed by atoms with Crippen molar-refractivity contribution in [2.45, 2.75) is 32.4 Å². The highest BCUT2D eigenvalue weighted by atomic mass is 32.1. The first-order valence-electron chi connectivity index (χ1n) is 8.96. The second kappa shape index (κ2) is 8.66. The van der Waals surface area contributed by atoms with E-state index < -0.39 is 6.10 Å². The van der Waals surface area contributed by atoms with Gasteiger partial charge >= 0.3 is 5.97 Å². The number of hydrogen-bond donors (Lipinski definition) is 1. The molecule has 1 N–H and O–H groups in total. The zero-order chi connectivity index (χ0) is 18.5. The molecule has 26 heavy (non-hydrogen) atoms. The van der Waals surface area contributed by atoms with Gasteiger partial charge in [0.05, 0.1) is 12.2 Å². The molecular formula is C20H25NO4S. The van der Waals surface area contributed by atoms with Crippen LogP contribution in [0, 0.1) is 0 Å². The summed E-state index contributed by atoms with van der Waals surface area (Å²) in [5.41, 5.74) is 1.87. The van der Waals surface area contributed by atoms with Crippen LogP contribution in [-0.4, -0.2) is 48.4 Å². The lowest BCUT2D eigenvalue weighted by Crippen LogP contribution is -2.40. The van der Waals surface area contributed by atoms with E-state index in [2.05, 4.69) is 23.3 Å². The van der Waals surface area contributed by atoms with Crippen LogP contribution in [0.1, 0.15) is 40.7 Å². The number of thiophene rings is 1. The first-order chi connectivity index (χ1) is 12.6. The number of rotatable bonds is 7. The number of fused-ring (bicyclic) bond motifs is 1. The van der Waals surface area contributed by atoms with E-state index in [4.69, 9.17) is 9.47 Å². The molecule has 5 nitrogen and oxygen atoms in total. The van der Waals surface area contributed by atoms with Gasteiger partial charge in [-0.15, -0.1) is 11.3 Å². The highest BCUT2D eigenvalue weighted by Crippen LogP contribution is 2.32. The number of aliphatic hydroxyl groups is 1. The van der Waals surface area contributed by atoms with Gasteiger partial charge in [0.15, 0.2) is 0 Å². The number of carbonyl (C=O) groups excluding carboxylic acids is 1. The zero-order valence-electron chi connectivity index (χ0n) is 15.2. The van der Waals surface area contributed by atoms with Crippen LogP contribution in [0.2, 0.25) is 0 Å². The van der Waals surface area contributed by atoms with Gasteiger partial charge in [-0.05, 0) is 61.5 Å². The molecule has 0 radical (unpaired) electrons. The third-order valence-electron chi connectivity index (χ3n) is 4.66. The van der Waals surface area contributed by atoms with Crippen LogP contribution < -0.4 is 4.74 Å². The smallest absolute Gasteiger partial charge is 0.338 e. The van der Waals surface area contributed by atoms with Crippen LogP contribution in [0.4, 0.5) is 0 Å². The average molecular weight is 375 g/mol. The Kier molecular flexibility index (Phi) is 6.29. The Morgan fingerprint density at radius 2 is 2.12 bits per heavy atom. The molecule has 1 aromatic carbocycles. The molecule has 2 atom stereocenters. The van der Waals surface area contributed by atoms with E-state index in [0.29, 0.717) is 30.5 Å². The predicted octanol–water partition coefficient (Wildman–Crippen LogP) is 3.28. The summed E-state index contributed by atoms with van der Waals surface area (Å²) >= 11 is 1.82. The lowest BCUT2D eigenvalue weighted by Gasteiger charge is -2.34. The lowest BCUT2D eigenvalue weighted by molar-refractivity contribution is 0.0514. The van der Waals surface area contributed by atoms with Gasteiger partial charge in [0.1, 0.15) is 18.5 Å². The highest BCUT2D eigenvalue weighted by molar-refractivity contribution is 7.10. The minimum absolute atomic E-state index is 0.221. The standard InChI is InChI=1S/C20H25NO4S/c1-3-24-20(23)15-4-6-17(7-5-15)25-13-16(22)12-21-10-8-19-18(14(21)2)9-11-26-19/h4-7,9,11,14,16,22H,3,8,10,12-13H2,1-2H3. The number of nitrogens with zero attached hydrogens (tertiary/aromatic N) is 1. The van der Waals surface area contributed by atoms with E-state index in [9.17, 15) is 9.90 Å². The van der Waals surface area contributed by atoms with E-state index in [1.165, 1.54) is 10.4 Å². The number of benzene rings is 1. The summed E-state index contributed by atoms with van der Waals surface area (Å²) in [4.78, 5) is 15.4. The molecule has 2 heterocycles. The van der Waals surface area contributed by atoms with Crippen LogP contribution in [0.3, 0.4) is 0 Å². The molecule has 0 fully saturated rings.